The van der Waals surface area contributed by atoms with Crippen LogP contribution in [0, 0.1) is 23.7 Å². The van der Waals surface area contributed by atoms with Crippen molar-refractivity contribution in [2.45, 2.75) is 103 Å². The first kappa shape index (κ1) is 23.9. The van der Waals surface area contributed by atoms with Gasteiger partial charge in [0.1, 0.15) is 0 Å². The fraction of sp³-hybridized carbons (Fsp3) is 0.913. The van der Waals surface area contributed by atoms with E-state index in [0.717, 1.165) is 19.3 Å². The Morgan fingerprint density at radius 3 is 2.59 bits per heavy atom. The third kappa shape index (κ3) is 4.18. The number of aliphatic hydroxyl groups is 1. The van der Waals surface area contributed by atoms with E-state index in [2.05, 4.69) is 12.2 Å². The van der Waals surface area contributed by atoms with Crippen molar-refractivity contribution in [1.29, 1.82) is 0 Å². The van der Waals surface area contributed by atoms with E-state index in [-0.39, 0.29) is 43.1 Å². The zero-order valence-corrected chi connectivity index (χ0v) is 19.7. The third-order valence-electron chi connectivity index (χ3n) is 7.77. The maximum absolute atomic E-state index is 12.5. The van der Waals surface area contributed by atoms with E-state index in [0.29, 0.717) is 12.3 Å². The number of fused-ring (bicyclic) bond motifs is 2. The fourth-order valence-electron chi connectivity index (χ4n) is 5.89. The van der Waals surface area contributed by atoms with E-state index in [9.17, 15) is 14.7 Å². The molecule has 182 valence electrons. The van der Waals surface area contributed by atoms with Crippen molar-refractivity contribution in [1.82, 2.24) is 5.32 Å². The Morgan fingerprint density at radius 2 is 1.88 bits per heavy atom. The molecular weight excluding hydrogens is 418 g/mol. The quantitative estimate of drug-likeness (QED) is 0.464. The zero-order chi connectivity index (χ0) is 23.3. The van der Waals surface area contributed by atoms with Gasteiger partial charge in [-0.15, -0.1) is 0 Å². The van der Waals surface area contributed by atoms with E-state index >= 15 is 0 Å². The van der Waals surface area contributed by atoms with E-state index in [1.807, 2.05) is 13.8 Å². The van der Waals surface area contributed by atoms with Gasteiger partial charge in [0.25, 0.3) is 0 Å². The molecule has 0 aromatic carbocycles. The summed E-state index contributed by atoms with van der Waals surface area (Å²) in [5.41, 5.74) is -1.44. The molecule has 9 heteroatoms. The normalized spacial score (nSPS) is 43.2. The molecule has 8 atom stereocenters. The van der Waals surface area contributed by atoms with Gasteiger partial charge in [0, 0.05) is 24.7 Å². The van der Waals surface area contributed by atoms with Gasteiger partial charge in [-0.25, -0.2) is 9.78 Å². The summed E-state index contributed by atoms with van der Waals surface area (Å²) in [7, 11) is 0. The molecule has 4 heterocycles. The second-order valence-electron chi connectivity index (χ2n) is 10.9. The molecular formula is C23H37NO8. The molecule has 32 heavy (non-hydrogen) atoms. The van der Waals surface area contributed by atoms with Crippen LogP contribution in [0.4, 0.5) is 0 Å². The molecule has 4 saturated heterocycles. The molecule has 0 unspecified atom stereocenters. The highest BCUT2D eigenvalue weighted by Gasteiger charge is 2.69. The SMILES string of the molecule is C[C@@H]1[C@@H](OC(=O)CCC(=O)NC(C)(C)CO)O[C@H]2O[C@@]3(C)CC[C@H]4[C@H](C)CC[C@@H]1[C@@]24OO3. The monoisotopic (exact) mass is 455 g/mol. The lowest BCUT2D eigenvalue weighted by Gasteiger charge is -2.59. The van der Waals surface area contributed by atoms with Crippen LogP contribution >= 0.6 is 0 Å². The van der Waals surface area contributed by atoms with Gasteiger partial charge < -0.3 is 24.6 Å². The lowest BCUT2D eigenvalue weighted by atomic mass is 9.58. The number of hydrogen-bond acceptors (Lipinski definition) is 8. The second kappa shape index (κ2) is 8.51. The van der Waals surface area contributed by atoms with Crippen LogP contribution in [0.5, 0.6) is 0 Å². The van der Waals surface area contributed by atoms with Gasteiger partial charge >= 0.3 is 5.97 Å². The lowest BCUT2D eigenvalue weighted by Crippen LogP contribution is -2.70. The van der Waals surface area contributed by atoms with Crippen LogP contribution in [0.2, 0.25) is 0 Å². The molecule has 1 aliphatic carbocycles. The van der Waals surface area contributed by atoms with Crippen LogP contribution in [0.25, 0.3) is 0 Å². The van der Waals surface area contributed by atoms with Gasteiger partial charge in [0.15, 0.2) is 11.9 Å². The van der Waals surface area contributed by atoms with Crippen molar-refractivity contribution in [2.75, 3.05) is 6.61 Å². The number of carbonyl (C=O) groups is 2. The van der Waals surface area contributed by atoms with Crippen LogP contribution in [0.1, 0.15) is 73.1 Å². The Morgan fingerprint density at radius 1 is 1.12 bits per heavy atom. The van der Waals surface area contributed by atoms with Gasteiger partial charge in [-0.05, 0) is 51.9 Å². The molecule has 0 radical (unpaired) electrons. The Kier molecular flexibility index (Phi) is 6.35. The number of aliphatic hydroxyl groups excluding tert-OH is 1. The Balaban J connectivity index is 1.43. The van der Waals surface area contributed by atoms with Crippen molar-refractivity contribution >= 4 is 11.9 Å². The van der Waals surface area contributed by atoms with Gasteiger partial charge in [-0.2, -0.15) is 0 Å². The van der Waals surface area contributed by atoms with Crippen LogP contribution in [0.15, 0.2) is 0 Å². The van der Waals surface area contributed by atoms with Crippen LogP contribution in [0.3, 0.4) is 0 Å². The molecule has 2 N–H and O–H groups in total. The lowest BCUT2D eigenvalue weighted by molar-refractivity contribution is -0.576. The van der Waals surface area contributed by atoms with E-state index in [4.69, 9.17) is 24.0 Å². The largest absolute Gasteiger partial charge is 0.435 e. The van der Waals surface area contributed by atoms with E-state index < -0.39 is 35.5 Å². The zero-order valence-electron chi connectivity index (χ0n) is 19.7. The summed E-state index contributed by atoms with van der Waals surface area (Å²) < 4.78 is 18.2. The fourth-order valence-corrected chi connectivity index (χ4v) is 5.89. The molecule has 5 rings (SSSR count). The average molecular weight is 456 g/mol. The smallest absolute Gasteiger partial charge is 0.308 e. The van der Waals surface area contributed by atoms with Crippen LogP contribution < -0.4 is 5.32 Å². The standard InChI is InChI=1S/C23H37NO8/c1-13-6-7-16-14(2)19(28-18(27)9-8-17(26)24-21(3,4)12-25)29-20-23(16)15(13)10-11-22(5,30-20)31-32-23/h13-16,19-20,25H,6-12H2,1-5H3,(H,24,26)/t13-,14+,15+,16+,19+,20+,22-,23-/m1/s1. The topological polar surface area (TPSA) is 113 Å². The molecule has 1 spiro atoms. The number of esters is 1. The van der Waals surface area contributed by atoms with Gasteiger partial charge in [-0.3, -0.25) is 9.59 Å². The Hall–Kier alpha value is -1.26. The molecule has 4 aliphatic heterocycles. The predicted molar refractivity (Wildman–Crippen MR) is 111 cm³/mol. The predicted octanol–water partition coefficient (Wildman–Crippen LogP) is 2.40. The molecule has 0 aromatic heterocycles. The Labute approximate surface area is 189 Å². The van der Waals surface area contributed by atoms with Gasteiger partial charge in [0.05, 0.1) is 18.6 Å². The summed E-state index contributed by atoms with van der Waals surface area (Å²) in [6.45, 7) is 9.34. The first-order valence-electron chi connectivity index (χ1n) is 11.8. The minimum atomic E-state index is -0.885. The molecule has 0 aromatic rings. The number of ether oxygens (including phenoxy) is 3. The second-order valence-corrected chi connectivity index (χ2v) is 10.9. The number of rotatable bonds is 6. The molecule has 9 nitrogen and oxygen atoms in total. The van der Waals surface area contributed by atoms with Crippen molar-refractivity contribution in [3.05, 3.63) is 0 Å². The van der Waals surface area contributed by atoms with Crippen LogP contribution in [-0.2, 0) is 33.6 Å². The summed E-state index contributed by atoms with van der Waals surface area (Å²) in [5.74, 6) is -1.04. The molecule has 2 bridgehead atoms. The van der Waals surface area contributed by atoms with Crippen molar-refractivity contribution < 1.29 is 38.7 Å². The van der Waals surface area contributed by atoms with E-state index in [1.54, 1.807) is 13.8 Å². The van der Waals surface area contributed by atoms with Crippen LogP contribution in [-0.4, -0.2) is 53.1 Å². The summed E-state index contributed by atoms with van der Waals surface area (Å²) in [5, 5.41) is 12.0. The highest BCUT2D eigenvalue weighted by atomic mass is 17.3. The molecule has 5 aliphatic rings. The summed E-state index contributed by atoms with van der Waals surface area (Å²) >= 11 is 0. The van der Waals surface area contributed by atoms with E-state index in [1.165, 1.54) is 0 Å². The first-order chi connectivity index (χ1) is 15.0. The first-order valence-corrected chi connectivity index (χ1v) is 11.8. The summed E-state index contributed by atoms with van der Waals surface area (Å²) in [6.07, 6.45) is 2.08. The minimum absolute atomic E-state index is 0.0225. The number of amides is 1. The van der Waals surface area contributed by atoms with Gasteiger partial charge in [-0.1, -0.05) is 13.8 Å². The maximum atomic E-state index is 12.5. The average Bonchev–Trinajstić information content (AvgIpc) is 2.96. The third-order valence-corrected chi connectivity index (χ3v) is 7.77. The van der Waals surface area contributed by atoms with Crippen molar-refractivity contribution in [3.8, 4) is 0 Å². The summed E-state index contributed by atoms with van der Waals surface area (Å²) in [4.78, 5) is 36.5. The number of hydrogen-bond donors (Lipinski definition) is 2. The van der Waals surface area contributed by atoms with Crippen molar-refractivity contribution in [2.24, 2.45) is 23.7 Å². The number of nitrogens with one attached hydrogen (secondary N) is 1. The summed E-state index contributed by atoms with van der Waals surface area (Å²) in [6, 6.07) is 0. The Bertz CT molecular complexity index is 744. The van der Waals surface area contributed by atoms with Crippen molar-refractivity contribution in [3.63, 3.8) is 0 Å². The van der Waals surface area contributed by atoms with Gasteiger partial charge in [0.2, 0.25) is 18.0 Å². The number of carbonyl (C=O) groups excluding carboxylic acids is 2. The molecule has 1 saturated carbocycles. The minimum Gasteiger partial charge on any atom is -0.435 e. The maximum Gasteiger partial charge on any atom is 0.308 e. The molecule has 5 fully saturated rings. The highest BCUT2D eigenvalue weighted by Crippen LogP contribution is 2.60. The highest BCUT2D eigenvalue weighted by molar-refractivity contribution is 5.81. The molecule has 1 amide bonds.